The third-order valence-corrected chi connectivity index (χ3v) is 3.74. The van der Waals surface area contributed by atoms with E-state index in [4.69, 9.17) is 16.3 Å². The molecule has 17 heavy (non-hydrogen) atoms. The summed E-state index contributed by atoms with van der Waals surface area (Å²) >= 11 is 9.12. The van der Waals surface area contributed by atoms with Crippen molar-refractivity contribution in [2.75, 3.05) is 31.0 Å². The number of methoxy groups -OCH3 is 1. The summed E-state index contributed by atoms with van der Waals surface area (Å²) in [4.78, 5) is 10.9. The molecule has 0 spiro atoms. The SMILES string of the molecule is COc1nc(N2CCC(CCCl)C2)ncc1Br. The fraction of sp³-hybridized carbons (Fsp3) is 0.636. The molecule has 1 saturated heterocycles. The highest BCUT2D eigenvalue weighted by Gasteiger charge is 2.24. The second kappa shape index (κ2) is 5.87. The summed E-state index contributed by atoms with van der Waals surface area (Å²) in [5, 5.41) is 0. The van der Waals surface area contributed by atoms with E-state index in [2.05, 4.69) is 30.8 Å². The van der Waals surface area contributed by atoms with Crippen molar-refractivity contribution < 1.29 is 4.74 Å². The number of halogens is 2. The highest BCUT2D eigenvalue weighted by atomic mass is 79.9. The fourth-order valence-corrected chi connectivity index (χ4v) is 2.70. The van der Waals surface area contributed by atoms with Crippen molar-refractivity contribution >= 4 is 33.5 Å². The van der Waals surface area contributed by atoms with Crippen molar-refractivity contribution in [3.05, 3.63) is 10.7 Å². The van der Waals surface area contributed by atoms with Crippen molar-refractivity contribution in [1.82, 2.24) is 9.97 Å². The van der Waals surface area contributed by atoms with Crippen molar-refractivity contribution in [3.63, 3.8) is 0 Å². The third-order valence-electron chi connectivity index (χ3n) is 2.98. The maximum Gasteiger partial charge on any atom is 0.232 e. The van der Waals surface area contributed by atoms with E-state index in [1.807, 2.05) is 0 Å². The zero-order valence-corrected chi connectivity index (χ0v) is 12.0. The summed E-state index contributed by atoms with van der Waals surface area (Å²) in [5.74, 6) is 2.70. The average molecular weight is 321 g/mol. The van der Waals surface area contributed by atoms with Gasteiger partial charge in [0.25, 0.3) is 0 Å². The second-order valence-corrected chi connectivity index (χ2v) is 5.34. The molecule has 1 atom stereocenters. The quantitative estimate of drug-likeness (QED) is 0.800. The van der Waals surface area contributed by atoms with Crippen LogP contribution in [0.5, 0.6) is 5.88 Å². The molecule has 0 N–H and O–H groups in total. The van der Waals surface area contributed by atoms with E-state index in [1.165, 1.54) is 0 Å². The molecule has 1 aliphatic rings. The van der Waals surface area contributed by atoms with Gasteiger partial charge in [-0.1, -0.05) is 0 Å². The number of ether oxygens (including phenoxy) is 1. The normalized spacial score (nSPS) is 19.7. The Bertz CT molecular complexity index is 391. The van der Waals surface area contributed by atoms with Gasteiger partial charge < -0.3 is 9.64 Å². The van der Waals surface area contributed by atoms with Crippen LogP contribution in [0.2, 0.25) is 0 Å². The Morgan fingerprint density at radius 1 is 1.65 bits per heavy atom. The Morgan fingerprint density at radius 2 is 2.47 bits per heavy atom. The number of hydrogen-bond donors (Lipinski definition) is 0. The molecule has 1 aliphatic heterocycles. The van der Waals surface area contributed by atoms with Gasteiger partial charge in [0, 0.05) is 19.0 Å². The number of hydrogen-bond acceptors (Lipinski definition) is 4. The second-order valence-electron chi connectivity index (χ2n) is 4.11. The lowest BCUT2D eigenvalue weighted by atomic mass is 10.1. The Morgan fingerprint density at radius 3 is 3.18 bits per heavy atom. The maximum absolute atomic E-state index is 5.77. The van der Waals surface area contributed by atoms with Gasteiger partial charge >= 0.3 is 0 Å². The first-order valence-electron chi connectivity index (χ1n) is 5.62. The van der Waals surface area contributed by atoms with E-state index >= 15 is 0 Å². The number of aromatic nitrogens is 2. The summed E-state index contributed by atoms with van der Waals surface area (Å²) in [6, 6.07) is 0. The van der Waals surface area contributed by atoms with Gasteiger partial charge in [0.15, 0.2) is 0 Å². The van der Waals surface area contributed by atoms with E-state index in [1.54, 1.807) is 13.3 Å². The summed E-state index contributed by atoms with van der Waals surface area (Å²) < 4.78 is 5.95. The topological polar surface area (TPSA) is 38.2 Å². The molecule has 4 nitrogen and oxygen atoms in total. The van der Waals surface area contributed by atoms with E-state index in [9.17, 15) is 0 Å². The smallest absolute Gasteiger partial charge is 0.232 e. The van der Waals surface area contributed by atoms with Gasteiger partial charge in [-0.2, -0.15) is 4.98 Å². The highest BCUT2D eigenvalue weighted by molar-refractivity contribution is 9.10. The van der Waals surface area contributed by atoms with Gasteiger partial charge in [-0.25, -0.2) is 4.98 Å². The van der Waals surface area contributed by atoms with Gasteiger partial charge in [0.2, 0.25) is 11.8 Å². The minimum Gasteiger partial charge on any atom is -0.480 e. The summed E-state index contributed by atoms with van der Waals surface area (Å²) in [6.45, 7) is 1.98. The number of rotatable bonds is 4. The van der Waals surface area contributed by atoms with Crippen LogP contribution in [0.4, 0.5) is 5.95 Å². The maximum atomic E-state index is 5.77. The third kappa shape index (κ3) is 3.01. The van der Waals surface area contributed by atoms with Crippen molar-refractivity contribution in [3.8, 4) is 5.88 Å². The van der Waals surface area contributed by atoms with Gasteiger partial charge in [0.1, 0.15) is 0 Å². The van der Waals surface area contributed by atoms with Crippen molar-refractivity contribution in [2.24, 2.45) is 5.92 Å². The molecule has 0 aromatic carbocycles. The lowest BCUT2D eigenvalue weighted by Crippen LogP contribution is -2.22. The van der Waals surface area contributed by atoms with Gasteiger partial charge in [-0.3, -0.25) is 0 Å². The molecule has 0 aliphatic carbocycles. The zero-order valence-electron chi connectivity index (χ0n) is 9.70. The summed E-state index contributed by atoms with van der Waals surface area (Å²) in [7, 11) is 1.61. The molecule has 2 heterocycles. The molecule has 0 amide bonds. The molecule has 0 bridgehead atoms. The van der Waals surface area contributed by atoms with Gasteiger partial charge in [-0.15, -0.1) is 11.6 Å². The molecule has 1 fully saturated rings. The van der Waals surface area contributed by atoms with Crippen molar-refractivity contribution in [1.29, 1.82) is 0 Å². The number of alkyl halides is 1. The number of anilines is 1. The Kier molecular flexibility index (Phi) is 4.45. The fourth-order valence-electron chi connectivity index (χ4n) is 2.04. The van der Waals surface area contributed by atoms with Crippen LogP contribution in [-0.2, 0) is 0 Å². The Hall–Kier alpha value is -0.550. The Labute approximate surface area is 114 Å². The first-order chi connectivity index (χ1) is 8.24. The molecular weight excluding hydrogens is 305 g/mol. The monoisotopic (exact) mass is 319 g/mol. The van der Waals surface area contributed by atoms with Crippen LogP contribution in [-0.4, -0.2) is 36.0 Å². The lowest BCUT2D eigenvalue weighted by molar-refractivity contribution is 0.394. The van der Waals surface area contributed by atoms with Crippen LogP contribution < -0.4 is 9.64 Å². The van der Waals surface area contributed by atoms with E-state index in [-0.39, 0.29) is 0 Å². The lowest BCUT2D eigenvalue weighted by Gasteiger charge is -2.16. The standard InChI is InChI=1S/C11H15BrClN3O/c1-17-10-9(12)6-14-11(15-10)16-5-3-8(7-16)2-4-13/h6,8H,2-5,7H2,1H3. The molecule has 1 aromatic rings. The molecule has 0 radical (unpaired) electrons. The van der Waals surface area contributed by atoms with Crippen LogP contribution in [0.3, 0.4) is 0 Å². The number of nitrogens with zero attached hydrogens (tertiary/aromatic N) is 3. The first-order valence-corrected chi connectivity index (χ1v) is 6.94. The van der Waals surface area contributed by atoms with E-state index in [0.29, 0.717) is 11.8 Å². The van der Waals surface area contributed by atoms with Crippen LogP contribution in [0.15, 0.2) is 10.7 Å². The summed E-state index contributed by atoms with van der Waals surface area (Å²) in [6.07, 6.45) is 3.95. The van der Waals surface area contributed by atoms with Crippen LogP contribution >= 0.6 is 27.5 Å². The minimum atomic E-state index is 0.579. The predicted molar refractivity (Wildman–Crippen MR) is 71.9 cm³/mol. The minimum absolute atomic E-state index is 0.579. The van der Waals surface area contributed by atoms with Crippen LogP contribution in [0, 0.1) is 5.92 Å². The van der Waals surface area contributed by atoms with E-state index < -0.39 is 0 Å². The molecule has 2 rings (SSSR count). The molecule has 94 valence electrons. The van der Waals surface area contributed by atoms with Gasteiger partial charge in [-0.05, 0) is 34.7 Å². The molecule has 1 aromatic heterocycles. The first kappa shape index (κ1) is 12.9. The zero-order chi connectivity index (χ0) is 12.3. The predicted octanol–water partition coefficient (Wildman–Crippen LogP) is 2.70. The molecule has 1 unspecified atom stereocenters. The van der Waals surface area contributed by atoms with E-state index in [0.717, 1.165) is 42.2 Å². The Balaban J connectivity index is 2.08. The highest BCUT2D eigenvalue weighted by Crippen LogP contribution is 2.27. The molecule has 0 saturated carbocycles. The molecular formula is C11H15BrClN3O. The largest absolute Gasteiger partial charge is 0.480 e. The van der Waals surface area contributed by atoms with Gasteiger partial charge in [0.05, 0.1) is 17.8 Å². The van der Waals surface area contributed by atoms with Crippen LogP contribution in [0.1, 0.15) is 12.8 Å². The van der Waals surface area contributed by atoms with Crippen molar-refractivity contribution in [2.45, 2.75) is 12.8 Å². The molecule has 6 heteroatoms. The average Bonchev–Trinajstić information content (AvgIpc) is 2.79. The van der Waals surface area contributed by atoms with Crippen LogP contribution in [0.25, 0.3) is 0 Å². The summed E-state index contributed by atoms with van der Waals surface area (Å²) in [5.41, 5.74) is 0.